The second kappa shape index (κ2) is 9.73. The van der Waals surface area contributed by atoms with Crippen LogP contribution in [0.25, 0.3) is 11.4 Å². The van der Waals surface area contributed by atoms with Crippen LogP contribution in [0, 0.1) is 6.92 Å². The van der Waals surface area contributed by atoms with Crippen LogP contribution in [0.1, 0.15) is 31.2 Å². The van der Waals surface area contributed by atoms with Crippen LogP contribution < -0.4 is 5.32 Å². The maximum absolute atomic E-state index is 12.8. The molecule has 3 rings (SSSR count). The van der Waals surface area contributed by atoms with Gasteiger partial charge in [-0.25, -0.2) is 0 Å². The molecular weight excluding hydrogens is 443 g/mol. The van der Waals surface area contributed by atoms with Crippen molar-refractivity contribution in [3.05, 3.63) is 64.6 Å². The zero-order valence-electron chi connectivity index (χ0n) is 16.9. The van der Waals surface area contributed by atoms with Crippen molar-refractivity contribution < 1.29 is 9.21 Å². The molecule has 0 fully saturated rings. The zero-order chi connectivity index (χ0) is 21.8. The normalized spacial score (nSPS) is 13.1. The quantitative estimate of drug-likeness (QED) is 0.341. The summed E-state index contributed by atoms with van der Waals surface area (Å²) < 4.78 is 7.30. The Bertz CT molecular complexity index is 1060. The van der Waals surface area contributed by atoms with E-state index in [9.17, 15) is 4.79 Å². The molecule has 30 heavy (non-hydrogen) atoms. The molecule has 0 bridgehead atoms. The molecule has 0 unspecified atom stereocenters. The zero-order valence-corrected chi connectivity index (χ0v) is 19.2. The summed E-state index contributed by atoms with van der Waals surface area (Å²) in [6, 6.07) is 6.81. The van der Waals surface area contributed by atoms with Crippen molar-refractivity contribution in [1.29, 1.82) is 0 Å². The van der Waals surface area contributed by atoms with Crippen molar-refractivity contribution in [2.24, 2.45) is 0 Å². The fourth-order valence-electron chi connectivity index (χ4n) is 2.96. The van der Waals surface area contributed by atoms with Crippen LogP contribution in [0.3, 0.4) is 0 Å². The van der Waals surface area contributed by atoms with E-state index in [1.807, 2.05) is 37.5 Å². The lowest BCUT2D eigenvalue weighted by molar-refractivity contribution is -0.120. The molecule has 2 atom stereocenters. The van der Waals surface area contributed by atoms with Gasteiger partial charge >= 0.3 is 0 Å². The van der Waals surface area contributed by atoms with Gasteiger partial charge in [-0.1, -0.05) is 47.1 Å². The number of nitrogens with zero attached hydrogens (tertiary/aromatic N) is 3. The molecule has 1 aromatic carbocycles. The number of benzene rings is 1. The molecule has 3 aromatic rings. The minimum absolute atomic E-state index is 0.132. The number of hydrogen-bond acceptors (Lipinski definition) is 5. The SMILES string of the molecule is C=CCn1c(S[C@@H](C)C(=O)N[C@@H](C)c2ccc(Cl)cc2Cl)nnc1-c1ccoc1C. The Morgan fingerprint density at radius 3 is 2.73 bits per heavy atom. The van der Waals surface area contributed by atoms with E-state index in [0.717, 1.165) is 16.9 Å². The van der Waals surface area contributed by atoms with Gasteiger partial charge in [-0.2, -0.15) is 0 Å². The van der Waals surface area contributed by atoms with Gasteiger partial charge in [0.1, 0.15) is 5.76 Å². The Morgan fingerprint density at radius 2 is 2.10 bits per heavy atom. The Kier molecular flexibility index (Phi) is 7.28. The first kappa shape index (κ1) is 22.5. The highest BCUT2D eigenvalue weighted by Gasteiger charge is 2.23. The highest BCUT2D eigenvalue weighted by Crippen LogP contribution is 2.30. The number of halogens is 2. The van der Waals surface area contributed by atoms with Gasteiger partial charge in [0.2, 0.25) is 5.91 Å². The summed E-state index contributed by atoms with van der Waals surface area (Å²) in [6.45, 7) is 9.90. The van der Waals surface area contributed by atoms with E-state index in [4.69, 9.17) is 27.6 Å². The summed E-state index contributed by atoms with van der Waals surface area (Å²) in [5, 5.41) is 12.9. The molecule has 2 aromatic heterocycles. The van der Waals surface area contributed by atoms with Crippen LogP contribution in [-0.2, 0) is 11.3 Å². The first-order valence-corrected chi connectivity index (χ1v) is 11.0. The summed E-state index contributed by atoms with van der Waals surface area (Å²) in [5.41, 5.74) is 1.67. The summed E-state index contributed by atoms with van der Waals surface area (Å²) in [5.74, 6) is 1.30. The molecule has 158 valence electrons. The number of hydrogen-bond donors (Lipinski definition) is 1. The molecule has 0 saturated heterocycles. The standard InChI is InChI=1S/C21H22Cl2N4O2S/c1-5-9-27-19(17-8-10-29-13(17)3)25-26-21(27)30-14(4)20(28)24-12(2)16-7-6-15(22)11-18(16)23/h5-8,10-12,14H,1,9H2,2-4H3,(H,24,28)/t12-,14-/m0/s1. The Hall–Kier alpha value is -2.22. The van der Waals surface area contributed by atoms with E-state index in [0.29, 0.717) is 27.6 Å². The molecule has 2 heterocycles. The summed E-state index contributed by atoms with van der Waals surface area (Å²) >= 11 is 13.5. The number of amides is 1. The largest absolute Gasteiger partial charge is 0.469 e. The number of carbonyl (C=O) groups excluding carboxylic acids is 1. The van der Waals surface area contributed by atoms with Gasteiger partial charge in [-0.3, -0.25) is 9.36 Å². The molecule has 0 aliphatic carbocycles. The van der Waals surface area contributed by atoms with Crippen LogP contribution in [0.2, 0.25) is 10.0 Å². The summed E-state index contributed by atoms with van der Waals surface area (Å²) in [4.78, 5) is 12.8. The molecule has 0 aliphatic heterocycles. The van der Waals surface area contributed by atoms with E-state index < -0.39 is 5.25 Å². The third-order valence-corrected chi connectivity index (χ3v) is 6.21. The van der Waals surface area contributed by atoms with E-state index in [1.165, 1.54) is 11.8 Å². The molecule has 0 aliphatic rings. The van der Waals surface area contributed by atoms with E-state index >= 15 is 0 Å². The smallest absolute Gasteiger partial charge is 0.233 e. The van der Waals surface area contributed by atoms with Crippen molar-refractivity contribution in [1.82, 2.24) is 20.1 Å². The second-order valence-electron chi connectivity index (χ2n) is 6.75. The molecule has 0 radical (unpaired) electrons. The van der Waals surface area contributed by atoms with E-state index in [2.05, 4.69) is 22.1 Å². The van der Waals surface area contributed by atoms with Crippen LogP contribution in [0.4, 0.5) is 0 Å². The number of aryl methyl sites for hydroxylation is 1. The number of thioether (sulfide) groups is 1. The van der Waals surface area contributed by atoms with Gasteiger partial charge in [-0.15, -0.1) is 16.8 Å². The third-order valence-electron chi connectivity index (χ3n) is 4.57. The van der Waals surface area contributed by atoms with Crippen LogP contribution >= 0.6 is 35.0 Å². The number of rotatable bonds is 8. The number of nitrogens with one attached hydrogen (secondary N) is 1. The van der Waals surface area contributed by atoms with Crippen molar-refractivity contribution in [3.8, 4) is 11.4 Å². The van der Waals surface area contributed by atoms with Crippen molar-refractivity contribution >= 4 is 40.9 Å². The summed E-state index contributed by atoms with van der Waals surface area (Å²) in [7, 11) is 0. The predicted molar refractivity (Wildman–Crippen MR) is 121 cm³/mol. The molecule has 0 saturated carbocycles. The van der Waals surface area contributed by atoms with Gasteiger partial charge < -0.3 is 9.73 Å². The lowest BCUT2D eigenvalue weighted by atomic mass is 10.1. The number of aromatic nitrogens is 3. The molecule has 9 heteroatoms. The first-order valence-electron chi connectivity index (χ1n) is 9.32. The Labute approximate surface area is 189 Å². The van der Waals surface area contributed by atoms with Gasteiger partial charge in [0.15, 0.2) is 11.0 Å². The summed E-state index contributed by atoms with van der Waals surface area (Å²) in [6.07, 6.45) is 3.38. The third kappa shape index (κ3) is 4.91. The van der Waals surface area contributed by atoms with Crippen molar-refractivity contribution in [2.75, 3.05) is 0 Å². The Morgan fingerprint density at radius 1 is 1.33 bits per heavy atom. The molecule has 1 amide bonds. The molecular formula is C21H22Cl2N4O2S. The van der Waals surface area contributed by atoms with Gasteiger partial charge in [-0.05, 0) is 44.5 Å². The lowest BCUT2D eigenvalue weighted by Crippen LogP contribution is -2.33. The Balaban J connectivity index is 1.74. The van der Waals surface area contributed by atoms with Gasteiger partial charge in [0.05, 0.1) is 23.1 Å². The van der Waals surface area contributed by atoms with Crippen molar-refractivity contribution in [2.45, 2.75) is 43.8 Å². The van der Waals surface area contributed by atoms with Crippen LogP contribution in [0.15, 0.2) is 52.8 Å². The van der Waals surface area contributed by atoms with Gasteiger partial charge in [0.25, 0.3) is 0 Å². The fraction of sp³-hybridized carbons (Fsp3) is 0.286. The fourth-order valence-corrected chi connectivity index (χ4v) is 4.40. The topological polar surface area (TPSA) is 73.0 Å². The van der Waals surface area contributed by atoms with Gasteiger partial charge in [0, 0.05) is 16.6 Å². The minimum atomic E-state index is -0.399. The van der Waals surface area contributed by atoms with Crippen LogP contribution in [0.5, 0.6) is 0 Å². The highest BCUT2D eigenvalue weighted by atomic mass is 35.5. The number of allylic oxidation sites excluding steroid dienone is 1. The average Bonchev–Trinajstić information content (AvgIpc) is 3.28. The maximum atomic E-state index is 12.8. The highest BCUT2D eigenvalue weighted by molar-refractivity contribution is 8.00. The van der Waals surface area contributed by atoms with Crippen molar-refractivity contribution in [3.63, 3.8) is 0 Å². The molecule has 0 spiro atoms. The maximum Gasteiger partial charge on any atom is 0.233 e. The first-order chi connectivity index (χ1) is 14.3. The number of furan rings is 1. The second-order valence-corrected chi connectivity index (χ2v) is 8.90. The van der Waals surface area contributed by atoms with E-state index in [1.54, 1.807) is 24.5 Å². The molecule has 1 N–H and O–H groups in total. The lowest BCUT2D eigenvalue weighted by Gasteiger charge is -2.19. The number of carbonyl (C=O) groups is 1. The molecule has 6 nitrogen and oxygen atoms in total. The van der Waals surface area contributed by atoms with E-state index in [-0.39, 0.29) is 11.9 Å². The monoisotopic (exact) mass is 464 g/mol. The minimum Gasteiger partial charge on any atom is -0.469 e. The van der Waals surface area contributed by atoms with Crippen LogP contribution in [-0.4, -0.2) is 25.9 Å². The average molecular weight is 465 g/mol. The predicted octanol–water partition coefficient (Wildman–Crippen LogP) is 5.70.